The molecule has 1 heteroatoms. The number of rotatable bonds is 2. The predicted molar refractivity (Wildman–Crippen MR) is 61.4 cm³/mol. The van der Waals surface area contributed by atoms with Crippen LogP contribution >= 0.6 is 0 Å². The number of likely N-dealkylation sites (N-methyl/N-ethyl adjacent to an activating group) is 1. The number of nitrogens with one attached hydrogen (secondary N) is 1. The Balaban J connectivity index is 2.38. The van der Waals surface area contributed by atoms with E-state index in [-0.39, 0.29) is 0 Å². The van der Waals surface area contributed by atoms with Crippen molar-refractivity contribution in [1.29, 1.82) is 0 Å². The van der Waals surface area contributed by atoms with E-state index in [0.717, 1.165) is 6.54 Å². The lowest BCUT2D eigenvalue weighted by Crippen LogP contribution is -2.13. The van der Waals surface area contributed by atoms with E-state index in [1.165, 1.54) is 35.1 Å². The van der Waals surface area contributed by atoms with Crippen molar-refractivity contribution in [3.63, 3.8) is 0 Å². The molecule has 0 heterocycles. The average molecular weight is 187 g/mol. The molecule has 1 aliphatic carbocycles. The summed E-state index contributed by atoms with van der Waals surface area (Å²) in [6.07, 6.45) is 4.74. The molecule has 0 bridgehead atoms. The lowest BCUT2D eigenvalue weighted by atomic mass is 9.89. The molecule has 14 heavy (non-hydrogen) atoms. The highest BCUT2D eigenvalue weighted by Gasteiger charge is 2.11. The SMILES string of the molecule is CNCC1=CCCc2cc(C)ccc21. The molecule has 0 fully saturated rings. The molecule has 0 saturated heterocycles. The van der Waals surface area contributed by atoms with E-state index in [2.05, 4.69) is 36.5 Å². The summed E-state index contributed by atoms with van der Waals surface area (Å²) in [5.74, 6) is 0. The molecule has 0 atom stereocenters. The summed E-state index contributed by atoms with van der Waals surface area (Å²) < 4.78 is 0. The zero-order chi connectivity index (χ0) is 9.97. The Kier molecular flexibility index (Phi) is 2.69. The molecule has 0 aromatic heterocycles. The minimum absolute atomic E-state index is 0.982. The third kappa shape index (κ3) is 1.73. The fourth-order valence-corrected chi connectivity index (χ4v) is 2.11. The van der Waals surface area contributed by atoms with Crippen LogP contribution in [0.4, 0.5) is 0 Å². The molecule has 1 N–H and O–H groups in total. The molecule has 1 aromatic carbocycles. The Bertz CT molecular complexity index is 363. The smallest absolute Gasteiger partial charge is 0.0205 e. The molecule has 0 radical (unpaired) electrons. The fraction of sp³-hybridized carbons (Fsp3) is 0.385. The highest BCUT2D eigenvalue weighted by molar-refractivity contribution is 5.71. The average Bonchev–Trinajstić information content (AvgIpc) is 2.18. The topological polar surface area (TPSA) is 12.0 Å². The van der Waals surface area contributed by atoms with Gasteiger partial charge in [0.25, 0.3) is 0 Å². The number of hydrogen-bond acceptors (Lipinski definition) is 1. The summed E-state index contributed by atoms with van der Waals surface area (Å²) in [6, 6.07) is 6.78. The number of allylic oxidation sites excluding steroid dienone is 1. The van der Waals surface area contributed by atoms with Gasteiger partial charge in [0.05, 0.1) is 0 Å². The molecule has 1 aliphatic rings. The van der Waals surface area contributed by atoms with Crippen molar-refractivity contribution in [3.8, 4) is 0 Å². The normalized spacial score (nSPS) is 14.9. The van der Waals surface area contributed by atoms with Gasteiger partial charge in [0.2, 0.25) is 0 Å². The van der Waals surface area contributed by atoms with E-state index in [0.29, 0.717) is 0 Å². The maximum atomic E-state index is 3.22. The van der Waals surface area contributed by atoms with Gasteiger partial charge in [-0.15, -0.1) is 0 Å². The summed E-state index contributed by atoms with van der Waals surface area (Å²) in [5, 5.41) is 3.22. The summed E-state index contributed by atoms with van der Waals surface area (Å²) in [4.78, 5) is 0. The first kappa shape index (κ1) is 9.47. The van der Waals surface area contributed by atoms with E-state index in [9.17, 15) is 0 Å². The Morgan fingerprint density at radius 2 is 2.21 bits per heavy atom. The second-order valence-electron chi connectivity index (χ2n) is 3.96. The van der Waals surface area contributed by atoms with Crippen molar-refractivity contribution in [2.24, 2.45) is 0 Å². The monoisotopic (exact) mass is 187 g/mol. The van der Waals surface area contributed by atoms with Gasteiger partial charge in [-0.3, -0.25) is 0 Å². The van der Waals surface area contributed by atoms with Gasteiger partial charge in [-0.1, -0.05) is 29.8 Å². The summed E-state index contributed by atoms with van der Waals surface area (Å²) in [5.41, 5.74) is 5.78. The first-order valence-corrected chi connectivity index (χ1v) is 5.25. The predicted octanol–water partition coefficient (Wildman–Crippen LogP) is 2.54. The highest BCUT2D eigenvalue weighted by Crippen LogP contribution is 2.26. The molecule has 1 aromatic rings. The van der Waals surface area contributed by atoms with Crippen LogP contribution in [0.3, 0.4) is 0 Å². The van der Waals surface area contributed by atoms with E-state index >= 15 is 0 Å². The molecule has 0 unspecified atom stereocenters. The third-order valence-electron chi connectivity index (χ3n) is 2.78. The number of fused-ring (bicyclic) bond motifs is 1. The van der Waals surface area contributed by atoms with Crippen LogP contribution in [0.25, 0.3) is 5.57 Å². The van der Waals surface area contributed by atoms with Crippen LogP contribution in [-0.4, -0.2) is 13.6 Å². The Morgan fingerprint density at radius 3 is 3.00 bits per heavy atom. The van der Waals surface area contributed by atoms with Gasteiger partial charge >= 0.3 is 0 Å². The second kappa shape index (κ2) is 3.97. The van der Waals surface area contributed by atoms with Gasteiger partial charge < -0.3 is 5.32 Å². The maximum Gasteiger partial charge on any atom is 0.0205 e. The number of benzene rings is 1. The first-order chi connectivity index (χ1) is 6.81. The Hall–Kier alpha value is -1.08. The third-order valence-corrected chi connectivity index (χ3v) is 2.78. The van der Waals surface area contributed by atoms with E-state index in [1.807, 2.05) is 7.05 Å². The van der Waals surface area contributed by atoms with E-state index < -0.39 is 0 Å². The summed E-state index contributed by atoms with van der Waals surface area (Å²) in [7, 11) is 2.00. The van der Waals surface area contributed by atoms with Gasteiger partial charge in [0, 0.05) is 6.54 Å². The molecular weight excluding hydrogens is 170 g/mol. The molecule has 1 nitrogen and oxygen atoms in total. The Labute approximate surface area is 85.8 Å². The Morgan fingerprint density at radius 1 is 1.36 bits per heavy atom. The molecule has 2 rings (SSSR count). The summed E-state index contributed by atoms with van der Waals surface area (Å²) >= 11 is 0. The number of hydrogen-bond donors (Lipinski definition) is 1. The number of aryl methyl sites for hydroxylation is 2. The zero-order valence-electron chi connectivity index (χ0n) is 8.93. The minimum Gasteiger partial charge on any atom is -0.316 e. The first-order valence-electron chi connectivity index (χ1n) is 5.25. The lowest BCUT2D eigenvalue weighted by molar-refractivity contribution is 0.900. The molecular formula is C13H17N. The summed E-state index contributed by atoms with van der Waals surface area (Å²) in [6.45, 7) is 3.15. The van der Waals surface area contributed by atoms with Crippen LogP contribution in [0.1, 0.15) is 23.1 Å². The molecule has 74 valence electrons. The van der Waals surface area contributed by atoms with Crippen molar-refractivity contribution in [1.82, 2.24) is 5.32 Å². The van der Waals surface area contributed by atoms with Gasteiger partial charge in [-0.25, -0.2) is 0 Å². The van der Waals surface area contributed by atoms with Crippen LogP contribution in [0.5, 0.6) is 0 Å². The van der Waals surface area contributed by atoms with E-state index in [4.69, 9.17) is 0 Å². The zero-order valence-corrected chi connectivity index (χ0v) is 8.93. The van der Waals surface area contributed by atoms with E-state index in [1.54, 1.807) is 0 Å². The standard InChI is InChI=1S/C13H17N/c1-10-6-7-13-11(8-10)4-3-5-12(13)9-14-2/h5-8,14H,3-4,9H2,1-2H3. The minimum atomic E-state index is 0.982. The molecule has 0 spiro atoms. The van der Waals surface area contributed by atoms with Crippen LogP contribution in [0, 0.1) is 6.92 Å². The second-order valence-corrected chi connectivity index (χ2v) is 3.96. The van der Waals surface area contributed by atoms with Crippen LogP contribution in [0.15, 0.2) is 24.3 Å². The van der Waals surface area contributed by atoms with Crippen LogP contribution in [-0.2, 0) is 6.42 Å². The molecule has 0 aliphatic heterocycles. The van der Waals surface area contributed by atoms with Crippen molar-refractivity contribution in [3.05, 3.63) is 41.0 Å². The fourth-order valence-electron chi connectivity index (χ4n) is 2.11. The highest BCUT2D eigenvalue weighted by atomic mass is 14.8. The molecule has 0 amide bonds. The quantitative estimate of drug-likeness (QED) is 0.750. The van der Waals surface area contributed by atoms with Gasteiger partial charge in [0.15, 0.2) is 0 Å². The largest absolute Gasteiger partial charge is 0.316 e. The maximum absolute atomic E-state index is 3.22. The van der Waals surface area contributed by atoms with Crippen molar-refractivity contribution in [2.45, 2.75) is 19.8 Å². The van der Waals surface area contributed by atoms with Crippen LogP contribution < -0.4 is 5.32 Å². The molecule has 0 saturated carbocycles. The van der Waals surface area contributed by atoms with Gasteiger partial charge in [0.1, 0.15) is 0 Å². The van der Waals surface area contributed by atoms with Crippen molar-refractivity contribution < 1.29 is 0 Å². The van der Waals surface area contributed by atoms with Gasteiger partial charge in [-0.2, -0.15) is 0 Å². The van der Waals surface area contributed by atoms with Gasteiger partial charge in [-0.05, 0) is 43.5 Å². The lowest BCUT2D eigenvalue weighted by Gasteiger charge is -2.18. The van der Waals surface area contributed by atoms with Crippen LogP contribution in [0.2, 0.25) is 0 Å². The van der Waals surface area contributed by atoms with Crippen molar-refractivity contribution >= 4 is 5.57 Å². The van der Waals surface area contributed by atoms with Crippen molar-refractivity contribution in [2.75, 3.05) is 13.6 Å².